The van der Waals surface area contributed by atoms with Gasteiger partial charge in [-0.15, -0.1) is 0 Å². The fourth-order valence-electron chi connectivity index (χ4n) is 3.23. The van der Waals surface area contributed by atoms with E-state index in [9.17, 15) is 28.5 Å². The molecular formula is C19H23N3O6S. The molecule has 156 valence electrons. The largest absolute Gasteiger partial charge is 0.504 e. The van der Waals surface area contributed by atoms with Crippen LogP contribution < -0.4 is 10.0 Å². The zero-order valence-corrected chi connectivity index (χ0v) is 16.4. The quantitative estimate of drug-likeness (QED) is 0.282. The van der Waals surface area contributed by atoms with E-state index >= 15 is 0 Å². The van der Waals surface area contributed by atoms with Crippen molar-refractivity contribution in [1.82, 2.24) is 4.98 Å². The molecule has 3 rings (SSSR count). The Morgan fingerprint density at radius 1 is 1.07 bits per heavy atom. The number of benzene rings is 1. The number of aromatic hydroxyl groups is 2. The molecule has 29 heavy (non-hydrogen) atoms. The minimum atomic E-state index is -3.77. The molecule has 0 bridgehead atoms. The predicted octanol–water partition coefficient (Wildman–Crippen LogP) is 2.18. The summed E-state index contributed by atoms with van der Waals surface area (Å²) in [4.78, 5) is 16.4. The van der Waals surface area contributed by atoms with Crippen molar-refractivity contribution in [2.75, 3.05) is 10.0 Å². The highest BCUT2D eigenvalue weighted by atomic mass is 32.2. The highest BCUT2D eigenvalue weighted by Crippen LogP contribution is 2.28. The van der Waals surface area contributed by atoms with Crippen LogP contribution in [0.4, 0.5) is 11.5 Å². The van der Waals surface area contributed by atoms with Gasteiger partial charge in [-0.3, -0.25) is 9.52 Å². The van der Waals surface area contributed by atoms with Crippen molar-refractivity contribution in [3.05, 3.63) is 42.1 Å². The molecule has 0 radical (unpaired) electrons. The number of nitrogens with one attached hydrogen (secondary N) is 2. The van der Waals surface area contributed by atoms with E-state index in [-0.39, 0.29) is 35.0 Å². The van der Waals surface area contributed by atoms with Crippen molar-refractivity contribution in [3.63, 3.8) is 0 Å². The molecule has 0 aliphatic heterocycles. The van der Waals surface area contributed by atoms with Gasteiger partial charge in [0, 0.05) is 23.5 Å². The van der Waals surface area contributed by atoms with E-state index in [2.05, 4.69) is 15.0 Å². The fraction of sp³-hybridized carbons (Fsp3) is 0.368. The first kappa shape index (κ1) is 20.9. The Morgan fingerprint density at radius 3 is 2.59 bits per heavy atom. The molecule has 1 heterocycles. The number of aliphatic hydroxyl groups excluding tert-OH is 1. The number of aliphatic hydroxyl groups is 1. The summed E-state index contributed by atoms with van der Waals surface area (Å²) >= 11 is 0. The van der Waals surface area contributed by atoms with Crippen LogP contribution in [0.2, 0.25) is 0 Å². The summed E-state index contributed by atoms with van der Waals surface area (Å²) in [7, 11) is -3.77. The molecule has 10 heteroatoms. The molecule has 1 aromatic heterocycles. The monoisotopic (exact) mass is 421 g/mol. The zero-order chi connectivity index (χ0) is 21.0. The molecule has 0 spiro atoms. The minimum absolute atomic E-state index is 0.00457. The highest BCUT2D eigenvalue weighted by molar-refractivity contribution is 7.93. The van der Waals surface area contributed by atoms with Crippen LogP contribution in [0.15, 0.2) is 36.5 Å². The van der Waals surface area contributed by atoms with Gasteiger partial charge in [0.2, 0.25) is 10.0 Å². The molecule has 2 unspecified atom stereocenters. The smallest absolute Gasteiger partial charge is 0.255 e. The zero-order valence-electron chi connectivity index (χ0n) is 15.6. The number of sulfonamides is 1. The Balaban J connectivity index is 1.73. The van der Waals surface area contributed by atoms with E-state index < -0.39 is 27.3 Å². The van der Waals surface area contributed by atoms with Gasteiger partial charge in [-0.1, -0.05) is 12.8 Å². The summed E-state index contributed by atoms with van der Waals surface area (Å²) in [5.74, 6) is -1.23. The molecule has 1 aromatic carbocycles. The van der Waals surface area contributed by atoms with Gasteiger partial charge in [-0.05, 0) is 43.5 Å². The van der Waals surface area contributed by atoms with E-state index in [1.807, 2.05) is 0 Å². The van der Waals surface area contributed by atoms with Gasteiger partial charge >= 0.3 is 0 Å². The van der Waals surface area contributed by atoms with Crippen LogP contribution in [0.25, 0.3) is 0 Å². The standard InChI is InChI=1S/C19H23N3O6S/c23-14-3-1-2-4-15(11-14)29(27,28)22-18-9-12(7-8-20-18)19(26)21-13-5-6-16(24)17(25)10-13/h5-10,14-15,23-25H,1-4,11H2,(H,20,22)(H,21,26). The van der Waals surface area contributed by atoms with Gasteiger partial charge in [0.1, 0.15) is 5.82 Å². The average Bonchev–Trinajstić information content (AvgIpc) is 2.90. The summed E-state index contributed by atoms with van der Waals surface area (Å²) in [6, 6.07) is 6.56. The first-order valence-corrected chi connectivity index (χ1v) is 10.8. The molecule has 1 fully saturated rings. The molecule has 0 saturated heterocycles. The number of anilines is 2. The average molecular weight is 421 g/mol. The molecular weight excluding hydrogens is 398 g/mol. The van der Waals surface area contributed by atoms with E-state index in [1.54, 1.807) is 0 Å². The molecule has 1 aliphatic carbocycles. The second-order valence-corrected chi connectivity index (χ2v) is 8.99. The number of carbonyl (C=O) groups is 1. The van der Waals surface area contributed by atoms with Crippen LogP contribution in [-0.2, 0) is 10.0 Å². The van der Waals surface area contributed by atoms with Crippen LogP contribution in [-0.4, -0.2) is 46.0 Å². The lowest BCUT2D eigenvalue weighted by Crippen LogP contribution is -2.30. The summed E-state index contributed by atoms with van der Waals surface area (Å²) in [5, 5.41) is 30.6. The molecule has 1 amide bonds. The van der Waals surface area contributed by atoms with Crippen LogP contribution >= 0.6 is 0 Å². The predicted molar refractivity (Wildman–Crippen MR) is 107 cm³/mol. The Morgan fingerprint density at radius 2 is 1.83 bits per heavy atom. The summed E-state index contributed by atoms with van der Waals surface area (Å²) < 4.78 is 27.8. The maximum Gasteiger partial charge on any atom is 0.255 e. The first-order valence-electron chi connectivity index (χ1n) is 9.23. The third kappa shape index (κ3) is 5.36. The Hall–Kier alpha value is -2.85. The molecule has 1 aliphatic rings. The molecule has 5 N–H and O–H groups in total. The lowest BCUT2D eigenvalue weighted by Gasteiger charge is -2.18. The van der Waals surface area contributed by atoms with Gasteiger partial charge in [0.15, 0.2) is 11.5 Å². The van der Waals surface area contributed by atoms with Gasteiger partial charge in [0.05, 0.1) is 11.4 Å². The second-order valence-electron chi connectivity index (χ2n) is 7.03. The minimum Gasteiger partial charge on any atom is -0.504 e. The summed E-state index contributed by atoms with van der Waals surface area (Å²) in [6.45, 7) is 0. The second kappa shape index (κ2) is 8.66. The Bertz CT molecular complexity index is 995. The number of hydrogen-bond acceptors (Lipinski definition) is 7. The number of nitrogens with zero attached hydrogens (tertiary/aromatic N) is 1. The maximum atomic E-state index is 12.7. The number of rotatable bonds is 5. The van der Waals surface area contributed by atoms with Crippen LogP contribution in [0.1, 0.15) is 42.5 Å². The first-order chi connectivity index (χ1) is 13.7. The molecule has 1 saturated carbocycles. The highest BCUT2D eigenvalue weighted by Gasteiger charge is 2.30. The van der Waals surface area contributed by atoms with Crippen molar-refractivity contribution in [3.8, 4) is 11.5 Å². The Kier molecular flexibility index (Phi) is 6.23. The van der Waals surface area contributed by atoms with Crippen molar-refractivity contribution in [1.29, 1.82) is 0 Å². The number of amides is 1. The van der Waals surface area contributed by atoms with Gasteiger partial charge < -0.3 is 20.6 Å². The van der Waals surface area contributed by atoms with Crippen molar-refractivity contribution >= 4 is 27.4 Å². The third-order valence-electron chi connectivity index (χ3n) is 4.79. The SMILES string of the molecule is O=C(Nc1ccc(O)c(O)c1)c1ccnc(NS(=O)(=O)C2CCCCC(O)C2)c1. The lowest BCUT2D eigenvalue weighted by molar-refractivity contribution is 0.102. The van der Waals surface area contributed by atoms with Crippen molar-refractivity contribution < 1.29 is 28.5 Å². The topological polar surface area (TPSA) is 149 Å². The van der Waals surface area contributed by atoms with E-state index in [1.165, 1.54) is 36.5 Å². The number of phenolic OH excluding ortho intramolecular Hbond substituents is 2. The number of aromatic nitrogens is 1. The maximum absolute atomic E-state index is 12.7. The van der Waals surface area contributed by atoms with Crippen molar-refractivity contribution in [2.24, 2.45) is 0 Å². The third-order valence-corrected chi connectivity index (χ3v) is 6.59. The number of phenols is 2. The number of hydrogen-bond donors (Lipinski definition) is 5. The molecule has 2 aromatic rings. The van der Waals surface area contributed by atoms with Crippen LogP contribution in [0, 0.1) is 0 Å². The van der Waals surface area contributed by atoms with Gasteiger partial charge in [-0.2, -0.15) is 0 Å². The van der Waals surface area contributed by atoms with Crippen LogP contribution in [0.3, 0.4) is 0 Å². The number of pyridine rings is 1. The van der Waals surface area contributed by atoms with E-state index in [4.69, 9.17) is 0 Å². The van der Waals surface area contributed by atoms with E-state index in [0.717, 1.165) is 12.8 Å². The van der Waals surface area contributed by atoms with Crippen molar-refractivity contribution in [2.45, 2.75) is 43.5 Å². The Labute approximate surface area is 168 Å². The summed E-state index contributed by atoms with van der Waals surface area (Å²) in [5.41, 5.74) is 0.419. The van der Waals surface area contributed by atoms with Gasteiger partial charge in [0.25, 0.3) is 5.91 Å². The summed E-state index contributed by atoms with van der Waals surface area (Å²) in [6.07, 6.45) is 3.38. The van der Waals surface area contributed by atoms with Gasteiger partial charge in [-0.25, -0.2) is 13.4 Å². The normalized spacial score (nSPS) is 19.9. The fourth-order valence-corrected chi connectivity index (χ4v) is 4.76. The number of carbonyl (C=O) groups excluding carboxylic acids is 1. The molecule has 2 atom stereocenters. The lowest BCUT2D eigenvalue weighted by atomic mass is 10.2. The van der Waals surface area contributed by atoms with E-state index in [0.29, 0.717) is 12.8 Å². The molecule has 9 nitrogen and oxygen atoms in total. The van der Waals surface area contributed by atoms with Crippen LogP contribution in [0.5, 0.6) is 11.5 Å².